The lowest BCUT2D eigenvalue weighted by Gasteiger charge is -2.09. The van der Waals surface area contributed by atoms with Crippen molar-refractivity contribution in [2.75, 3.05) is 13.7 Å². The summed E-state index contributed by atoms with van der Waals surface area (Å²) in [4.78, 5) is 10.9. The van der Waals surface area contributed by atoms with E-state index in [-0.39, 0.29) is 24.3 Å². The quantitative estimate of drug-likeness (QED) is 0.804. The Morgan fingerprint density at radius 3 is 2.81 bits per heavy atom. The molecule has 0 aliphatic rings. The number of halogens is 1. The van der Waals surface area contributed by atoms with E-state index in [1.165, 1.54) is 19.2 Å². The summed E-state index contributed by atoms with van der Waals surface area (Å²) in [6, 6.07) is 4.22. The fourth-order valence-corrected chi connectivity index (χ4v) is 1.13. The summed E-state index contributed by atoms with van der Waals surface area (Å²) >= 11 is 0. The van der Waals surface area contributed by atoms with Crippen LogP contribution in [0.15, 0.2) is 18.2 Å². The molecule has 0 aliphatic heterocycles. The van der Waals surface area contributed by atoms with Gasteiger partial charge in [0.1, 0.15) is 0 Å². The van der Waals surface area contributed by atoms with Crippen LogP contribution < -0.4 is 15.8 Å². The Balaban J connectivity index is 2.72. The van der Waals surface area contributed by atoms with Crippen molar-refractivity contribution in [3.05, 3.63) is 29.6 Å². The lowest BCUT2D eigenvalue weighted by molar-refractivity contribution is -0.122. The van der Waals surface area contributed by atoms with Crippen molar-refractivity contribution < 1.29 is 13.9 Å². The molecule has 1 aromatic carbocycles. The summed E-state index contributed by atoms with van der Waals surface area (Å²) in [5.41, 5.74) is 6.29. The van der Waals surface area contributed by atoms with Gasteiger partial charge in [0, 0.05) is 13.1 Å². The molecule has 88 valence electrons. The van der Waals surface area contributed by atoms with Crippen molar-refractivity contribution >= 4 is 5.91 Å². The average molecular weight is 226 g/mol. The van der Waals surface area contributed by atoms with E-state index < -0.39 is 5.82 Å². The van der Waals surface area contributed by atoms with Gasteiger partial charge in [0.25, 0.3) is 5.91 Å². The molecule has 1 aromatic rings. The second kappa shape index (κ2) is 5.46. The molecule has 0 saturated heterocycles. The van der Waals surface area contributed by atoms with Crippen molar-refractivity contribution in [1.82, 2.24) is 5.32 Å². The van der Waals surface area contributed by atoms with Gasteiger partial charge in [0.05, 0.1) is 0 Å². The molecule has 3 N–H and O–H groups in total. The number of nitrogens with one attached hydrogen (secondary N) is 1. The molecule has 4 nitrogen and oxygen atoms in total. The number of rotatable bonds is 4. The van der Waals surface area contributed by atoms with Crippen LogP contribution in [0.1, 0.15) is 18.5 Å². The first kappa shape index (κ1) is 12.4. The number of hydrogen-bond donors (Lipinski definition) is 2. The first-order chi connectivity index (χ1) is 7.54. The number of hydrogen-bond acceptors (Lipinski definition) is 3. The number of carbonyl (C=O) groups excluding carboxylic acids is 1. The van der Waals surface area contributed by atoms with Crippen molar-refractivity contribution in [3.8, 4) is 5.75 Å². The Hall–Kier alpha value is -1.62. The van der Waals surface area contributed by atoms with Gasteiger partial charge in [0.15, 0.2) is 18.2 Å². The third-order valence-corrected chi connectivity index (χ3v) is 2.12. The molecule has 0 fully saturated rings. The molecule has 16 heavy (non-hydrogen) atoms. The van der Waals surface area contributed by atoms with Gasteiger partial charge in [-0.3, -0.25) is 4.79 Å². The summed E-state index contributed by atoms with van der Waals surface area (Å²) < 4.78 is 18.4. The highest BCUT2D eigenvalue weighted by atomic mass is 19.1. The predicted molar refractivity (Wildman–Crippen MR) is 58.6 cm³/mol. The Morgan fingerprint density at radius 1 is 1.62 bits per heavy atom. The third kappa shape index (κ3) is 3.20. The number of benzene rings is 1. The van der Waals surface area contributed by atoms with E-state index in [9.17, 15) is 9.18 Å². The minimum absolute atomic E-state index is 0.0491. The van der Waals surface area contributed by atoms with Crippen LogP contribution in [0.2, 0.25) is 0 Å². The van der Waals surface area contributed by atoms with Crippen LogP contribution in [0, 0.1) is 5.82 Å². The highest BCUT2D eigenvalue weighted by Crippen LogP contribution is 2.20. The molecule has 5 heteroatoms. The van der Waals surface area contributed by atoms with Gasteiger partial charge in [-0.05, 0) is 24.6 Å². The zero-order valence-corrected chi connectivity index (χ0v) is 9.29. The molecular formula is C11H15FN2O2. The molecule has 0 saturated carbocycles. The van der Waals surface area contributed by atoms with Gasteiger partial charge in [-0.25, -0.2) is 4.39 Å². The van der Waals surface area contributed by atoms with Crippen molar-refractivity contribution in [2.45, 2.75) is 13.0 Å². The van der Waals surface area contributed by atoms with Gasteiger partial charge < -0.3 is 15.8 Å². The Bertz CT molecular complexity index is 380. The van der Waals surface area contributed by atoms with Gasteiger partial charge in [-0.2, -0.15) is 0 Å². The fourth-order valence-electron chi connectivity index (χ4n) is 1.13. The molecule has 1 unspecified atom stereocenters. The molecule has 1 atom stereocenters. The Morgan fingerprint density at radius 2 is 2.31 bits per heavy atom. The summed E-state index contributed by atoms with van der Waals surface area (Å²) in [7, 11) is 1.49. The lowest BCUT2D eigenvalue weighted by atomic mass is 10.1. The van der Waals surface area contributed by atoms with E-state index in [2.05, 4.69) is 5.32 Å². The van der Waals surface area contributed by atoms with Crippen molar-refractivity contribution in [1.29, 1.82) is 0 Å². The average Bonchev–Trinajstić information content (AvgIpc) is 2.26. The zero-order chi connectivity index (χ0) is 12.1. The van der Waals surface area contributed by atoms with Crippen LogP contribution in [0.4, 0.5) is 4.39 Å². The second-order valence-corrected chi connectivity index (χ2v) is 3.44. The monoisotopic (exact) mass is 226 g/mol. The smallest absolute Gasteiger partial charge is 0.257 e. The SMILES string of the molecule is CNC(=O)COc1ccc(C(C)N)cc1F. The number of carbonyl (C=O) groups is 1. The first-order valence-corrected chi connectivity index (χ1v) is 4.93. The maximum Gasteiger partial charge on any atom is 0.257 e. The fraction of sp³-hybridized carbons (Fsp3) is 0.364. The normalized spacial score (nSPS) is 12.0. The molecule has 0 aliphatic carbocycles. The molecule has 0 spiro atoms. The zero-order valence-electron chi connectivity index (χ0n) is 9.29. The summed E-state index contributed by atoms with van der Waals surface area (Å²) in [5.74, 6) is -0.776. The number of ether oxygens (including phenoxy) is 1. The molecule has 0 radical (unpaired) electrons. The maximum atomic E-state index is 13.5. The number of nitrogens with two attached hydrogens (primary N) is 1. The van der Waals surface area contributed by atoms with Crippen LogP contribution in [0.25, 0.3) is 0 Å². The highest BCUT2D eigenvalue weighted by Gasteiger charge is 2.08. The van der Waals surface area contributed by atoms with Crippen LogP contribution in [-0.2, 0) is 4.79 Å². The van der Waals surface area contributed by atoms with E-state index in [1.54, 1.807) is 13.0 Å². The van der Waals surface area contributed by atoms with E-state index >= 15 is 0 Å². The van der Waals surface area contributed by atoms with Gasteiger partial charge in [-0.15, -0.1) is 0 Å². The molecule has 0 heterocycles. The topological polar surface area (TPSA) is 64.3 Å². The lowest BCUT2D eigenvalue weighted by Crippen LogP contribution is -2.25. The minimum atomic E-state index is -0.515. The summed E-state index contributed by atoms with van der Waals surface area (Å²) in [6.45, 7) is 1.56. The van der Waals surface area contributed by atoms with E-state index in [4.69, 9.17) is 10.5 Å². The van der Waals surface area contributed by atoms with Gasteiger partial charge in [-0.1, -0.05) is 6.07 Å². The number of amides is 1. The summed E-state index contributed by atoms with van der Waals surface area (Å²) in [5, 5.41) is 2.38. The Labute approximate surface area is 93.6 Å². The number of likely N-dealkylation sites (N-methyl/N-ethyl adjacent to an activating group) is 1. The van der Waals surface area contributed by atoms with Crippen molar-refractivity contribution in [3.63, 3.8) is 0 Å². The van der Waals surface area contributed by atoms with Crippen LogP contribution in [0.3, 0.4) is 0 Å². The van der Waals surface area contributed by atoms with Crippen LogP contribution in [-0.4, -0.2) is 19.6 Å². The third-order valence-electron chi connectivity index (χ3n) is 2.12. The molecule has 1 rings (SSSR count). The highest BCUT2D eigenvalue weighted by molar-refractivity contribution is 5.77. The largest absolute Gasteiger partial charge is 0.481 e. The van der Waals surface area contributed by atoms with Crippen molar-refractivity contribution in [2.24, 2.45) is 5.73 Å². The van der Waals surface area contributed by atoms with Gasteiger partial charge in [0.2, 0.25) is 0 Å². The molecule has 0 aromatic heterocycles. The Kier molecular flexibility index (Phi) is 4.25. The summed E-state index contributed by atoms with van der Waals surface area (Å²) in [6.07, 6.45) is 0. The minimum Gasteiger partial charge on any atom is -0.481 e. The second-order valence-electron chi connectivity index (χ2n) is 3.44. The maximum absolute atomic E-state index is 13.5. The standard InChI is InChI=1S/C11H15FN2O2/c1-7(13)8-3-4-10(9(12)5-8)16-6-11(15)14-2/h3-5,7H,6,13H2,1-2H3,(H,14,15). The molecule has 1 amide bonds. The van der Waals surface area contributed by atoms with E-state index in [1.807, 2.05) is 0 Å². The van der Waals surface area contributed by atoms with Gasteiger partial charge >= 0.3 is 0 Å². The van der Waals surface area contributed by atoms with E-state index in [0.29, 0.717) is 5.56 Å². The first-order valence-electron chi connectivity index (χ1n) is 4.93. The predicted octanol–water partition coefficient (Wildman–Crippen LogP) is 0.970. The molecular weight excluding hydrogens is 211 g/mol. The molecule has 0 bridgehead atoms. The van der Waals surface area contributed by atoms with E-state index in [0.717, 1.165) is 0 Å². The van der Waals surface area contributed by atoms with Crippen LogP contribution >= 0.6 is 0 Å². The van der Waals surface area contributed by atoms with Crippen LogP contribution in [0.5, 0.6) is 5.75 Å².